The van der Waals surface area contributed by atoms with Crippen LogP contribution in [0.3, 0.4) is 0 Å². The highest BCUT2D eigenvalue weighted by molar-refractivity contribution is 5.97. The van der Waals surface area contributed by atoms with Gasteiger partial charge in [0.15, 0.2) is 0 Å². The van der Waals surface area contributed by atoms with Gasteiger partial charge < -0.3 is 9.80 Å². The quantitative estimate of drug-likeness (QED) is 0.837. The molecule has 27 heavy (non-hydrogen) atoms. The molecule has 0 atom stereocenters. The minimum atomic E-state index is 0.158. The molecule has 2 amide bonds. The molecule has 2 aromatic carbocycles. The summed E-state index contributed by atoms with van der Waals surface area (Å²) < 4.78 is 0. The third-order valence-corrected chi connectivity index (χ3v) is 5.86. The number of hydrogen-bond acceptors (Lipinski definition) is 2. The fraction of sp³-hybridized carbons (Fsp3) is 0.391. The first kappa shape index (κ1) is 17.8. The number of rotatable bonds is 4. The molecule has 1 fully saturated rings. The number of hydrogen-bond donors (Lipinski definition) is 0. The number of benzene rings is 2. The fourth-order valence-corrected chi connectivity index (χ4v) is 4.27. The molecule has 0 saturated carbocycles. The second-order valence-corrected chi connectivity index (χ2v) is 7.50. The van der Waals surface area contributed by atoms with E-state index in [2.05, 4.69) is 18.2 Å². The molecule has 2 aromatic rings. The molecule has 0 N–H and O–H groups in total. The van der Waals surface area contributed by atoms with Crippen LogP contribution < -0.4 is 0 Å². The Bertz CT molecular complexity index is 810. The summed E-state index contributed by atoms with van der Waals surface area (Å²) in [4.78, 5) is 29.4. The van der Waals surface area contributed by atoms with E-state index in [0.717, 1.165) is 56.4 Å². The molecule has 0 bridgehead atoms. The number of nitrogens with zero attached hydrogens (tertiary/aromatic N) is 2. The lowest BCUT2D eigenvalue weighted by Gasteiger charge is -2.40. The lowest BCUT2D eigenvalue weighted by Crippen LogP contribution is -2.50. The largest absolute Gasteiger partial charge is 0.343 e. The van der Waals surface area contributed by atoms with Gasteiger partial charge in [0.05, 0.1) is 0 Å². The van der Waals surface area contributed by atoms with E-state index in [1.165, 1.54) is 5.56 Å². The average molecular weight is 362 g/mol. The lowest BCUT2D eigenvalue weighted by atomic mass is 9.94. The Morgan fingerprint density at radius 3 is 2.41 bits per heavy atom. The van der Waals surface area contributed by atoms with Crippen LogP contribution in [-0.2, 0) is 17.6 Å². The topological polar surface area (TPSA) is 40.6 Å². The van der Waals surface area contributed by atoms with E-state index >= 15 is 0 Å². The molecule has 0 radical (unpaired) electrons. The molecular weight excluding hydrogens is 336 g/mol. The van der Waals surface area contributed by atoms with Crippen molar-refractivity contribution in [1.82, 2.24) is 9.80 Å². The summed E-state index contributed by atoms with van der Waals surface area (Å²) in [6.45, 7) is 2.30. The Morgan fingerprint density at radius 1 is 0.926 bits per heavy atom. The van der Waals surface area contributed by atoms with Gasteiger partial charge in [-0.1, -0.05) is 48.5 Å². The first-order valence-corrected chi connectivity index (χ1v) is 9.93. The first-order valence-electron chi connectivity index (χ1n) is 9.93. The van der Waals surface area contributed by atoms with Crippen molar-refractivity contribution in [2.24, 2.45) is 0 Å². The van der Waals surface area contributed by atoms with E-state index in [9.17, 15) is 9.59 Å². The van der Waals surface area contributed by atoms with Gasteiger partial charge in [-0.05, 0) is 42.9 Å². The molecule has 4 nitrogen and oxygen atoms in total. The molecule has 0 aliphatic carbocycles. The summed E-state index contributed by atoms with van der Waals surface area (Å²) in [7, 11) is 0. The molecule has 4 heteroatoms. The Hall–Kier alpha value is -2.62. The summed E-state index contributed by atoms with van der Waals surface area (Å²) in [5, 5.41) is 0. The zero-order valence-corrected chi connectivity index (χ0v) is 15.6. The van der Waals surface area contributed by atoms with Gasteiger partial charge in [-0.15, -0.1) is 0 Å². The summed E-state index contributed by atoms with van der Waals surface area (Å²) in [5.41, 5.74) is 3.22. The Balaban J connectivity index is 1.30. The fourth-order valence-electron chi connectivity index (χ4n) is 4.27. The van der Waals surface area contributed by atoms with Crippen molar-refractivity contribution in [2.75, 3.05) is 19.6 Å². The normalized spacial score (nSPS) is 17.7. The summed E-state index contributed by atoms with van der Waals surface area (Å²) in [6.07, 6.45) is 4.04. The third kappa shape index (κ3) is 3.90. The van der Waals surface area contributed by atoms with Crippen molar-refractivity contribution in [1.29, 1.82) is 0 Å². The van der Waals surface area contributed by atoms with E-state index < -0.39 is 0 Å². The number of piperidine rings is 1. The van der Waals surface area contributed by atoms with Gasteiger partial charge in [0.2, 0.25) is 5.91 Å². The number of amides is 2. The SMILES string of the molecule is O=C(CCc1ccccc1)N1CCC(N2CCc3ccccc3C2=O)CC1. The Morgan fingerprint density at radius 2 is 1.63 bits per heavy atom. The maximum Gasteiger partial charge on any atom is 0.254 e. The van der Waals surface area contributed by atoms with Crippen molar-refractivity contribution < 1.29 is 9.59 Å². The number of fused-ring (bicyclic) bond motifs is 1. The summed E-state index contributed by atoms with van der Waals surface area (Å²) in [6, 6.07) is 18.3. The van der Waals surface area contributed by atoms with Crippen LogP contribution in [-0.4, -0.2) is 47.3 Å². The maximum absolute atomic E-state index is 12.8. The predicted molar refractivity (Wildman–Crippen MR) is 106 cm³/mol. The summed E-state index contributed by atoms with van der Waals surface area (Å²) >= 11 is 0. The molecular formula is C23H26N2O2. The van der Waals surface area contributed by atoms with Crippen molar-refractivity contribution in [3.63, 3.8) is 0 Å². The number of aryl methyl sites for hydroxylation is 1. The van der Waals surface area contributed by atoms with Crippen LogP contribution in [0.15, 0.2) is 54.6 Å². The summed E-state index contributed by atoms with van der Waals surface area (Å²) in [5.74, 6) is 0.387. The second kappa shape index (κ2) is 7.95. The molecule has 140 valence electrons. The molecule has 1 saturated heterocycles. The molecule has 0 unspecified atom stereocenters. The molecule has 0 spiro atoms. The van der Waals surface area contributed by atoms with Crippen molar-refractivity contribution in [3.8, 4) is 0 Å². The van der Waals surface area contributed by atoms with Crippen molar-refractivity contribution in [2.45, 2.75) is 38.1 Å². The molecule has 4 rings (SSSR count). The van der Waals surface area contributed by atoms with Crippen LogP contribution >= 0.6 is 0 Å². The predicted octanol–water partition coefficient (Wildman–Crippen LogP) is 3.31. The highest BCUT2D eigenvalue weighted by atomic mass is 16.2. The zero-order chi connectivity index (χ0) is 18.6. The van der Waals surface area contributed by atoms with Crippen molar-refractivity contribution in [3.05, 3.63) is 71.3 Å². The van der Waals surface area contributed by atoms with Crippen LogP contribution in [0.2, 0.25) is 0 Å². The van der Waals surface area contributed by atoms with Crippen LogP contribution in [0, 0.1) is 0 Å². The molecule has 0 aromatic heterocycles. The highest BCUT2D eigenvalue weighted by Crippen LogP contribution is 2.25. The van der Waals surface area contributed by atoms with Gasteiger partial charge in [-0.25, -0.2) is 0 Å². The van der Waals surface area contributed by atoms with E-state index in [-0.39, 0.29) is 17.9 Å². The van der Waals surface area contributed by atoms with Gasteiger partial charge >= 0.3 is 0 Å². The first-order chi connectivity index (χ1) is 13.2. The Kier molecular flexibility index (Phi) is 5.23. The zero-order valence-electron chi connectivity index (χ0n) is 15.6. The monoisotopic (exact) mass is 362 g/mol. The van der Waals surface area contributed by atoms with Crippen LogP contribution in [0.4, 0.5) is 0 Å². The van der Waals surface area contributed by atoms with Crippen LogP contribution in [0.5, 0.6) is 0 Å². The number of likely N-dealkylation sites (tertiary alicyclic amines) is 1. The van der Waals surface area contributed by atoms with Gasteiger partial charge in [0.25, 0.3) is 5.91 Å². The highest BCUT2D eigenvalue weighted by Gasteiger charge is 2.32. The molecule has 2 aliphatic rings. The van der Waals surface area contributed by atoms with E-state index in [1.54, 1.807) is 0 Å². The molecule has 2 heterocycles. The van der Waals surface area contributed by atoms with E-state index in [0.29, 0.717) is 6.42 Å². The minimum absolute atomic E-state index is 0.158. The smallest absolute Gasteiger partial charge is 0.254 e. The van der Waals surface area contributed by atoms with Crippen LogP contribution in [0.25, 0.3) is 0 Å². The van der Waals surface area contributed by atoms with Crippen LogP contribution in [0.1, 0.15) is 40.7 Å². The number of carbonyl (C=O) groups is 2. The minimum Gasteiger partial charge on any atom is -0.343 e. The average Bonchev–Trinajstić information content (AvgIpc) is 2.73. The third-order valence-electron chi connectivity index (χ3n) is 5.86. The van der Waals surface area contributed by atoms with Gasteiger partial charge in [-0.2, -0.15) is 0 Å². The van der Waals surface area contributed by atoms with E-state index in [4.69, 9.17) is 0 Å². The standard InChI is InChI=1S/C23H26N2O2/c26-22(11-10-18-6-2-1-3-7-18)24-15-13-20(14-16-24)25-17-12-19-8-4-5-9-21(19)23(25)27/h1-9,20H,10-17H2. The number of carbonyl (C=O) groups excluding carboxylic acids is 2. The maximum atomic E-state index is 12.8. The van der Waals surface area contributed by atoms with Gasteiger partial charge in [0, 0.05) is 37.7 Å². The van der Waals surface area contributed by atoms with E-state index in [1.807, 2.05) is 46.2 Å². The second-order valence-electron chi connectivity index (χ2n) is 7.50. The van der Waals surface area contributed by atoms with Gasteiger partial charge in [-0.3, -0.25) is 9.59 Å². The van der Waals surface area contributed by atoms with Crippen molar-refractivity contribution >= 4 is 11.8 Å². The lowest BCUT2D eigenvalue weighted by molar-refractivity contribution is -0.132. The molecule has 2 aliphatic heterocycles. The van der Waals surface area contributed by atoms with Gasteiger partial charge in [0.1, 0.15) is 0 Å². The Labute approximate surface area is 160 Å².